The lowest BCUT2D eigenvalue weighted by atomic mass is 10.3. The lowest BCUT2D eigenvalue weighted by molar-refractivity contribution is 0.189. The Labute approximate surface area is 68.5 Å². The molecule has 1 saturated heterocycles. The number of nitrogens with one attached hydrogen (secondary N) is 1. The predicted molar refractivity (Wildman–Crippen MR) is 47.1 cm³/mol. The molecule has 1 aliphatic heterocycles. The van der Waals surface area contributed by atoms with Crippen molar-refractivity contribution in [1.29, 1.82) is 5.41 Å². The van der Waals surface area contributed by atoms with Crippen LogP contribution in [0.2, 0.25) is 0 Å². The van der Waals surface area contributed by atoms with E-state index in [1.807, 2.05) is 6.92 Å². The molecule has 0 aromatic carbocycles. The van der Waals surface area contributed by atoms with Gasteiger partial charge in [-0.25, -0.2) is 0 Å². The number of amidine groups is 1. The summed E-state index contributed by atoms with van der Waals surface area (Å²) in [7, 11) is 0. The summed E-state index contributed by atoms with van der Waals surface area (Å²) >= 11 is 0. The molecule has 3 nitrogen and oxygen atoms in total. The van der Waals surface area contributed by atoms with Gasteiger partial charge in [-0.15, -0.1) is 0 Å². The average molecular weight is 155 g/mol. The largest absolute Gasteiger partial charge is 0.358 e. The van der Waals surface area contributed by atoms with Crippen molar-refractivity contribution >= 4 is 5.84 Å². The summed E-state index contributed by atoms with van der Waals surface area (Å²) in [5.41, 5.74) is 0. The minimum absolute atomic E-state index is 0.709. The third-order valence-electron chi connectivity index (χ3n) is 2.29. The first-order valence-electron chi connectivity index (χ1n) is 4.26. The van der Waals surface area contributed by atoms with Crippen molar-refractivity contribution in [3.8, 4) is 0 Å². The second kappa shape index (κ2) is 3.72. The molecule has 0 amide bonds. The van der Waals surface area contributed by atoms with Crippen molar-refractivity contribution in [3.05, 3.63) is 0 Å². The Bertz CT molecular complexity index is 136. The Balaban J connectivity index is 2.30. The average Bonchev–Trinajstić information content (AvgIpc) is 2.05. The fraction of sp³-hybridized carbons (Fsp3) is 0.875. The van der Waals surface area contributed by atoms with Gasteiger partial charge in [-0.1, -0.05) is 6.92 Å². The molecule has 0 spiro atoms. The van der Waals surface area contributed by atoms with E-state index in [-0.39, 0.29) is 0 Å². The van der Waals surface area contributed by atoms with Crippen molar-refractivity contribution in [2.75, 3.05) is 32.7 Å². The molecule has 0 aromatic heterocycles. The Morgan fingerprint density at radius 2 is 1.82 bits per heavy atom. The zero-order valence-electron chi connectivity index (χ0n) is 7.43. The predicted octanol–water partition coefficient (Wildman–Crippen LogP) is 0.621. The lowest BCUT2D eigenvalue weighted by Gasteiger charge is -2.34. The maximum Gasteiger partial charge on any atom is 0.0926 e. The molecule has 1 heterocycles. The van der Waals surface area contributed by atoms with Crippen LogP contribution in [0.5, 0.6) is 0 Å². The minimum atomic E-state index is 0.709. The van der Waals surface area contributed by atoms with Crippen LogP contribution in [0.15, 0.2) is 0 Å². The second-order valence-electron chi connectivity index (χ2n) is 3.01. The van der Waals surface area contributed by atoms with E-state index in [0.29, 0.717) is 5.84 Å². The Morgan fingerprint density at radius 1 is 1.27 bits per heavy atom. The standard InChI is InChI=1S/C8H17N3/c1-3-10-4-6-11(7-5-10)8(2)9/h9H,3-7H2,1-2H3. The number of likely N-dealkylation sites (N-methyl/N-ethyl adjacent to an activating group) is 1. The first-order chi connectivity index (χ1) is 5.24. The van der Waals surface area contributed by atoms with Gasteiger partial charge in [0, 0.05) is 26.2 Å². The van der Waals surface area contributed by atoms with Crippen molar-refractivity contribution in [2.45, 2.75) is 13.8 Å². The van der Waals surface area contributed by atoms with Crippen LogP contribution < -0.4 is 0 Å². The van der Waals surface area contributed by atoms with Gasteiger partial charge in [0.2, 0.25) is 0 Å². The van der Waals surface area contributed by atoms with Crippen molar-refractivity contribution in [1.82, 2.24) is 9.80 Å². The molecule has 0 radical (unpaired) electrons. The van der Waals surface area contributed by atoms with Crippen molar-refractivity contribution in [3.63, 3.8) is 0 Å². The summed E-state index contributed by atoms with van der Waals surface area (Å²) in [5, 5.41) is 7.42. The summed E-state index contributed by atoms with van der Waals surface area (Å²) in [6, 6.07) is 0. The molecule has 11 heavy (non-hydrogen) atoms. The highest BCUT2D eigenvalue weighted by molar-refractivity contribution is 5.76. The fourth-order valence-electron chi connectivity index (χ4n) is 1.40. The Morgan fingerprint density at radius 3 is 2.18 bits per heavy atom. The van der Waals surface area contributed by atoms with Crippen LogP contribution in [0.25, 0.3) is 0 Å². The van der Waals surface area contributed by atoms with Crippen LogP contribution in [0.4, 0.5) is 0 Å². The van der Waals surface area contributed by atoms with Gasteiger partial charge in [-0.3, -0.25) is 5.41 Å². The first kappa shape index (κ1) is 8.53. The van der Waals surface area contributed by atoms with E-state index in [9.17, 15) is 0 Å². The molecule has 0 aromatic rings. The van der Waals surface area contributed by atoms with Gasteiger partial charge in [0.15, 0.2) is 0 Å². The molecular weight excluding hydrogens is 138 g/mol. The highest BCUT2D eigenvalue weighted by Crippen LogP contribution is 2.00. The Hall–Kier alpha value is -0.570. The quantitative estimate of drug-likeness (QED) is 0.444. The van der Waals surface area contributed by atoms with Gasteiger partial charge in [0.05, 0.1) is 5.84 Å². The fourth-order valence-corrected chi connectivity index (χ4v) is 1.40. The smallest absolute Gasteiger partial charge is 0.0926 e. The molecular formula is C8H17N3. The van der Waals surface area contributed by atoms with Gasteiger partial charge in [0.1, 0.15) is 0 Å². The molecule has 3 heteroatoms. The summed E-state index contributed by atoms with van der Waals surface area (Å²) < 4.78 is 0. The van der Waals surface area contributed by atoms with Crippen LogP contribution >= 0.6 is 0 Å². The van der Waals surface area contributed by atoms with Gasteiger partial charge >= 0.3 is 0 Å². The molecule has 1 fully saturated rings. The number of hydrogen-bond acceptors (Lipinski definition) is 2. The zero-order valence-corrected chi connectivity index (χ0v) is 7.43. The summed E-state index contributed by atoms with van der Waals surface area (Å²) in [6.07, 6.45) is 0. The zero-order chi connectivity index (χ0) is 8.27. The topological polar surface area (TPSA) is 30.3 Å². The molecule has 0 atom stereocenters. The van der Waals surface area contributed by atoms with Gasteiger partial charge in [0.25, 0.3) is 0 Å². The SMILES string of the molecule is CCN1CCN(C(C)=N)CC1. The summed E-state index contributed by atoms with van der Waals surface area (Å²) in [4.78, 5) is 4.55. The van der Waals surface area contributed by atoms with E-state index in [0.717, 1.165) is 32.7 Å². The molecule has 0 aliphatic carbocycles. The molecule has 1 rings (SSSR count). The van der Waals surface area contributed by atoms with E-state index in [4.69, 9.17) is 5.41 Å². The van der Waals surface area contributed by atoms with Crippen LogP contribution in [0.1, 0.15) is 13.8 Å². The van der Waals surface area contributed by atoms with E-state index in [1.54, 1.807) is 0 Å². The summed E-state index contributed by atoms with van der Waals surface area (Å²) in [5.74, 6) is 0.709. The lowest BCUT2D eigenvalue weighted by Crippen LogP contribution is -2.47. The highest BCUT2D eigenvalue weighted by Gasteiger charge is 2.14. The van der Waals surface area contributed by atoms with E-state index in [1.165, 1.54) is 0 Å². The van der Waals surface area contributed by atoms with Crippen LogP contribution in [-0.2, 0) is 0 Å². The minimum Gasteiger partial charge on any atom is -0.358 e. The maximum atomic E-state index is 7.42. The normalized spacial score (nSPS) is 20.4. The van der Waals surface area contributed by atoms with Gasteiger partial charge in [-0.05, 0) is 13.5 Å². The third-order valence-corrected chi connectivity index (χ3v) is 2.29. The number of rotatable bonds is 1. The van der Waals surface area contributed by atoms with Crippen LogP contribution in [-0.4, -0.2) is 48.4 Å². The van der Waals surface area contributed by atoms with Crippen LogP contribution in [0, 0.1) is 5.41 Å². The molecule has 1 N–H and O–H groups in total. The number of piperazine rings is 1. The molecule has 0 unspecified atom stereocenters. The van der Waals surface area contributed by atoms with Gasteiger partial charge in [-0.2, -0.15) is 0 Å². The highest BCUT2D eigenvalue weighted by atomic mass is 15.3. The van der Waals surface area contributed by atoms with Crippen molar-refractivity contribution < 1.29 is 0 Å². The van der Waals surface area contributed by atoms with Crippen molar-refractivity contribution in [2.24, 2.45) is 0 Å². The molecule has 64 valence electrons. The van der Waals surface area contributed by atoms with Crippen LogP contribution in [0.3, 0.4) is 0 Å². The number of nitrogens with zero attached hydrogens (tertiary/aromatic N) is 2. The Kier molecular flexibility index (Phi) is 2.88. The maximum absolute atomic E-state index is 7.42. The number of hydrogen-bond donors (Lipinski definition) is 1. The summed E-state index contributed by atoms with van der Waals surface area (Å²) in [6.45, 7) is 9.49. The molecule has 0 bridgehead atoms. The molecule has 0 saturated carbocycles. The monoisotopic (exact) mass is 155 g/mol. The molecule has 1 aliphatic rings. The first-order valence-corrected chi connectivity index (χ1v) is 4.26. The third kappa shape index (κ3) is 2.19. The van der Waals surface area contributed by atoms with E-state index in [2.05, 4.69) is 16.7 Å². The second-order valence-corrected chi connectivity index (χ2v) is 3.01. The van der Waals surface area contributed by atoms with E-state index < -0.39 is 0 Å². The van der Waals surface area contributed by atoms with Gasteiger partial charge < -0.3 is 9.80 Å². The van der Waals surface area contributed by atoms with E-state index >= 15 is 0 Å².